The average Bonchev–Trinajstić information content (AvgIpc) is 3.38. The van der Waals surface area contributed by atoms with E-state index in [9.17, 15) is 4.79 Å². The second-order valence-corrected chi connectivity index (χ2v) is 11.7. The highest BCUT2D eigenvalue weighted by Crippen LogP contribution is 2.42. The molecular weight excluding hydrogens is 462 g/mol. The van der Waals surface area contributed by atoms with Crippen molar-refractivity contribution in [2.75, 3.05) is 12.0 Å². The lowest BCUT2D eigenvalue weighted by atomic mass is 9.90. The summed E-state index contributed by atoms with van der Waals surface area (Å²) in [6.45, 7) is 4.97. The van der Waals surface area contributed by atoms with Gasteiger partial charge in [-0.25, -0.2) is 9.38 Å². The highest BCUT2D eigenvalue weighted by atomic mass is 32.2. The van der Waals surface area contributed by atoms with Crippen molar-refractivity contribution < 1.29 is 9.53 Å². The Kier molecular flexibility index (Phi) is 6.39. The van der Waals surface area contributed by atoms with Crippen molar-refractivity contribution in [2.24, 2.45) is 0 Å². The molecule has 0 spiro atoms. The molecule has 1 aliphatic carbocycles. The number of ether oxygens (including phenoxy) is 1. The molecule has 1 fully saturated rings. The average molecular weight is 492 g/mol. The van der Waals surface area contributed by atoms with Gasteiger partial charge in [-0.15, -0.1) is 21.5 Å². The molecular formula is C22H29N5O2S3. The number of nitrogens with one attached hydrogen (secondary N) is 1. The maximum atomic E-state index is 12.5. The third kappa shape index (κ3) is 4.15. The van der Waals surface area contributed by atoms with Gasteiger partial charge < -0.3 is 10.1 Å². The number of aromatic nitrogens is 4. The van der Waals surface area contributed by atoms with E-state index >= 15 is 0 Å². The van der Waals surface area contributed by atoms with Gasteiger partial charge in [0.1, 0.15) is 4.83 Å². The summed E-state index contributed by atoms with van der Waals surface area (Å²) in [4.78, 5) is 19.7. The van der Waals surface area contributed by atoms with E-state index in [1.54, 1.807) is 23.1 Å². The number of hydrogen-bond donors (Lipinski definition) is 1. The fourth-order valence-electron chi connectivity index (χ4n) is 4.62. The molecule has 0 saturated heterocycles. The van der Waals surface area contributed by atoms with Gasteiger partial charge in [0.25, 0.3) is 0 Å². The van der Waals surface area contributed by atoms with Gasteiger partial charge in [0, 0.05) is 17.3 Å². The van der Waals surface area contributed by atoms with Crippen LogP contribution in [0, 0.1) is 0 Å². The van der Waals surface area contributed by atoms with Crippen molar-refractivity contribution in [3.63, 3.8) is 0 Å². The third-order valence-corrected chi connectivity index (χ3v) is 9.32. The lowest BCUT2D eigenvalue weighted by molar-refractivity contribution is -0.119. The van der Waals surface area contributed by atoms with Crippen LogP contribution in [0.3, 0.4) is 0 Å². The number of hydrogen-bond acceptors (Lipinski definition) is 8. The van der Waals surface area contributed by atoms with E-state index in [4.69, 9.17) is 9.72 Å². The van der Waals surface area contributed by atoms with Crippen LogP contribution in [0.15, 0.2) is 10.3 Å². The minimum Gasteiger partial charge on any atom is -0.369 e. The molecule has 1 aliphatic heterocycles. The van der Waals surface area contributed by atoms with E-state index in [0.717, 1.165) is 51.9 Å². The smallest absolute Gasteiger partial charge is 0.230 e. The van der Waals surface area contributed by atoms with Gasteiger partial charge in [0.05, 0.1) is 23.3 Å². The molecule has 0 bridgehead atoms. The first-order valence-corrected chi connectivity index (χ1v) is 14.3. The molecule has 3 aromatic heterocycles. The Bertz CT molecular complexity index is 1150. The normalized spacial score (nSPS) is 21.8. The highest BCUT2D eigenvalue weighted by molar-refractivity contribution is 8.00. The van der Waals surface area contributed by atoms with Crippen molar-refractivity contribution in [3.8, 4) is 0 Å². The number of amides is 1. The second-order valence-electron chi connectivity index (χ2n) is 8.88. The molecule has 7 nitrogen and oxygen atoms in total. The predicted molar refractivity (Wildman–Crippen MR) is 131 cm³/mol. The standard InChI is InChI=1S/C22H29N5O2S3/c1-4-22(2)10-14-15(11-29-22)32-19-17(14)18-25-26-21(27(18)20(24-19)30-3)31-12-16(28)23-13-8-6-5-7-9-13/h13H,4-12H2,1-3H3,(H,23,28)/t22-/m0/s1. The van der Waals surface area contributed by atoms with Crippen molar-refractivity contribution >= 4 is 56.6 Å². The molecule has 4 heterocycles. The van der Waals surface area contributed by atoms with Crippen LogP contribution in [-0.4, -0.2) is 49.1 Å². The summed E-state index contributed by atoms with van der Waals surface area (Å²) < 4.78 is 8.18. The summed E-state index contributed by atoms with van der Waals surface area (Å²) in [5.41, 5.74) is 1.97. The number of thioether (sulfide) groups is 2. The summed E-state index contributed by atoms with van der Waals surface area (Å²) in [5, 5.41) is 14.9. The summed E-state index contributed by atoms with van der Waals surface area (Å²) in [5.74, 6) is 0.411. The van der Waals surface area contributed by atoms with Crippen LogP contribution in [-0.2, 0) is 22.6 Å². The number of carbonyl (C=O) groups is 1. The molecule has 1 saturated carbocycles. The van der Waals surface area contributed by atoms with Gasteiger partial charge >= 0.3 is 0 Å². The monoisotopic (exact) mass is 491 g/mol. The van der Waals surface area contributed by atoms with Crippen molar-refractivity contribution in [2.45, 2.75) is 87.4 Å². The number of carbonyl (C=O) groups excluding carboxylic acids is 1. The van der Waals surface area contributed by atoms with Crippen LogP contribution in [0.1, 0.15) is 62.8 Å². The van der Waals surface area contributed by atoms with Gasteiger partial charge in [0.2, 0.25) is 5.91 Å². The van der Waals surface area contributed by atoms with E-state index in [1.165, 1.54) is 41.5 Å². The molecule has 2 aliphatic rings. The molecule has 0 radical (unpaired) electrons. The quantitative estimate of drug-likeness (QED) is 0.390. The predicted octanol–water partition coefficient (Wildman–Crippen LogP) is 4.84. The van der Waals surface area contributed by atoms with E-state index in [1.807, 2.05) is 10.7 Å². The van der Waals surface area contributed by atoms with Crippen LogP contribution in [0.2, 0.25) is 0 Å². The minimum absolute atomic E-state index is 0.0714. The molecule has 5 rings (SSSR count). The number of thiophene rings is 1. The topological polar surface area (TPSA) is 81.4 Å². The molecule has 1 atom stereocenters. The first kappa shape index (κ1) is 22.4. The highest BCUT2D eigenvalue weighted by Gasteiger charge is 2.33. The third-order valence-electron chi connectivity index (χ3n) is 6.65. The van der Waals surface area contributed by atoms with E-state index in [2.05, 4.69) is 29.4 Å². The van der Waals surface area contributed by atoms with E-state index in [0.29, 0.717) is 18.4 Å². The maximum absolute atomic E-state index is 12.5. The number of rotatable bonds is 6. The Morgan fingerprint density at radius 1 is 1.28 bits per heavy atom. The van der Waals surface area contributed by atoms with Crippen LogP contribution in [0.25, 0.3) is 15.9 Å². The van der Waals surface area contributed by atoms with Crippen molar-refractivity contribution in [1.82, 2.24) is 24.9 Å². The number of fused-ring (bicyclic) bond motifs is 5. The SMILES string of the molecule is CC[C@@]1(C)Cc2c(sc3nc(SC)n4c(SCC(=O)NC5CCCCC5)nnc4c23)CO1. The zero-order valence-corrected chi connectivity index (χ0v) is 21.2. The first-order chi connectivity index (χ1) is 15.5. The zero-order chi connectivity index (χ0) is 22.3. The van der Waals surface area contributed by atoms with Gasteiger partial charge in [0.15, 0.2) is 16.0 Å². The molecule has 3 aromatic rings. The lowest BCUT2D eigenvalue weighted by Gasteiger charge is -2.32. The largest absolute Gasteiger partial charge is 0.369 e. The Morgan fingerprint density at radius 2 is 2.09 bits per heavy atom. The van der Waals surface area contributed by atoms with Crippen LogP contribution in [0.5, 0.6) is 0 Å². The Labute approximate surface area is 200 Å². The number of nitrogens with zero attached hydrogens (tertiary/aromatic N) is 4. The Hall–Kier alpha value is -1.36. The molecule has 172 valence electrons. The molecule has 0 unspecified atom stereocenters. The molecule has 32 heavy (non-hydrogen) atoms. The minimum atomic E-state index is -0.162. The van der Waals surface area contributed by atoms with Crippen molar-refractivity contribution in [1.29, 1.82) is 0 Å². The van der Waals surface area contributed by atoms with Crippen LogP contribution in [0.4, 0.5) is 0 Å². The summed E-state index contributed by atoms with van der Waals surface area (Å²) in [7, 11) is 0. The van der Waals surface area contributed by atoms with E-state index < -0.39 is 0 Å². The fourth-order valence-corrected chi connectivity index (χ4v) is 7.12. The Morgan fingerprint density at radius 3 is 2.84 bits per heavy atom. The summed E-state index contributed by atoms with van der Waals surface area (Å²) in [6.07, 6.45) is 9.70. The first-order valence-electron chi connectivity index (χ1n) is 11.3. The fraction of sp³-hybridized carbons (Fsp3) is 0.636. The van der Waals surface area contributed by atoms with Gasteiger partial charge in [-0.2, -0.15) is 0 Å². The van der Waals surface area contributed by atoms with Gasteiger partial charge in [-0.3, -0.25) is 4.79 Å². The van der Waals surface area contributed by atoms with Crippen LogP contribution >= 0.6 is 34.9 Å². The summed E-state index contributed by atoms with van der Waals surface area (Å²) in [6, 6.07) is 0.322. The summed E-state index contributed by atoms with van der Waals surface area (Å²) >= 11 is 4.72. The molecule has 0 aromatic carbocycles. The van der Waals surface area contributed by atoms with Crippen LogP contribution < -0.4 is 5.32 Å². The zero-order valence-electron chi connectivity index (χ0n) is 18.8. The molecule has 10 heteroatoms. The van der Waals surface area contributed by atoms with Crippen molar-refractivity contribution in [3.05, 3.63) is 10.4 Å². The lowest BCUT2D eigenvalue weighted by Crippen LogP contribution is -2.37. The molecule has 1 amide bonds. The molecule has 1 N–H and O–H groups in total. The van der Waals surface area contributed by atoms with E-state index in [-0.39, 0.29) is 11.5 Å². The second kappa shape index (κ2) is 9.12. The Balaban J connectivity index is 1.45. The van der Waals surface area contributed by atoms with Gasteiger partial charge in [-0.05, 0) is 38.0 Å². The van der Waals surface area contributed by atoms with Gasteiger partial charge in [-0.1, -0.05) is 49.7 Å². The maximum Gasteiger partial charge on any atom is 0.230 e.